The molecule has 0 unspecified atom stereocenters. The van der Waals surface area contributed by atoms with Crippen molar-refractivity contribution in [2.75, 3.05) is 10.6 Å². The number of halogens is 1. The van der Waals surface area contributed by atoms with Gasteiger partial charge in [0, 0.05) is 11.7 Å². The molecule has 1 aliphatic rings. The number of nitrogens with one attached hydrogen (secondary N) is 3. The highest BCUT2D eigenvalue weighted by Gasteiger charge is 2.30. The SMILES string of the molecule is CC(C)c1ccc(Nc2nc(N[C@@H]3CCCC[C@@H]3NC(=O)OC(C)(C)C)c(F)cc2C(N)=O)cc1. The lowest BCUT2D eigenvalue weighted by Gasteiger charge is -2.34. The Morgan fingerprint density at radius 3 is 2.29 bits per heavy atom. The van der Waals surface area contributed by atoms with E-state index in [0.717, 1.165) is 31.7 Å². The molecule has 2 amide bonds. The van der Waals surface area contributed by atoms with Gasteiger partial charge in [0.25, 0.3) is 5.91 Å². The molecule has 1 aromatic heterocycles. The molecule has 0 bridgehead atoms. The van der Waals surface area contributed by atoms with Gasteiger partial charge in [0.05, 0.1) is 11.6 Å². The lowest BCUT2D eigenvalue weighted by molar-refractivity contribution is 0.0488. The zero-order valence-electron chi connectivity index (χ0n) is 21.1. The van der Waals surface area contributed by atoms with Gasteiger partial charge in [0.1, 0.15) is 11.4 Å². The zero-order chi connectivity index (χ0) is 25.8. The van der Waals surface area contributed by atoms with E-state index in [-0.39, 0.29) is 29.3 Å². The lowest BCUT2D eigenvalue weighted by Crippen LogP contribution is -2.50. The van der Waals surface area contributed by atoms with Gasteiger partial charge in [-0.1, -0.05) is 38.8 Å². The van der Waals surface area contributed by atoms with Crippen molar-refractivity contribution in [3.63, 3.8) is 0 Å². The van der Waals surface area contributed by atoms with Crippen molar-refractivity contribution in [1.82, 2.24) is 10.3 Å². The number of hydrogen-bond donors (Lipinski definition) is 4. The smallest absolute Gasteiger partial charge is 0.407 e. The predicted molar refractivity (Wildman–Crippen MR) is 136 cm³/mol. The maximum absolute atomic E-state index is 15.0. The molecule has 2 atom stereocenters. The average Bonchev–Trinajstić information content (AvgIpc) is 2.76. The number of anilines is 3. The fourth-order valence-electron chi connectivity index (χ4n) is 4.07. The number of alkyl carbamates (subject to hydrolysis) is 1. The maximum atomic E-state index is 15.0. The molecule has 1 saturated carbocycles. The summed E-state index contributed by atoms with van der Waals surface area (Å²) in [7, 11) is 0. The summed E-state index contributed by atoms with van der Waals surface area (Å²) in [5.41, 5.74) is 6.70. The summed E-state index contributed by atoms with van der Waals surface area (Å²) in [5.74, 6) is -0.958. The molecule has 1 aromatic carbocycles. The Morgan fingerprint density at radius 1 is 1.09 bits per heavy atom. The van der Waals surface area contributed by atoms with Crippen molar-refractivity contribution < 1.29 is 18.7 Å². The van der Waals surface area contributed by atoms with E-state index in [1.165, 1.54) is 5.56 Å². The molecule has 190 valence electrons. The minimum Gasteiger partial charge on any atom is -0.444 e. The van der Waals surface area contributed by atoms with Gasteiger partial charge in [-0.15, -0.1) is 0 Å². The first-order valence-corrected chi connectivity index (χ1v) is 12.1. The first-order chi connectivity index (χ1) is 16.4. The van der Waals surface area contributed by atoms with Crippen LogP contribution in [0.5, 0.6) is 0 Å². The molecule has 1 aliphatic carbocycles. The van der Waals surface area contributed by atoms with E-state index in [1.54, 1.807) is 20.8 Å². The summed E-state index contributed by atoms with van der Waals surface area (Å²) in [5, 5.41) is 9.12. The van der Waals surface area contributed by atoms with E-state index in [9.17, 15) is 14.0 Å². The first kappa shape index (κ1) is 26.2. The van der Waals surface area contributed by atoms with Gasteiger partial charge in [-0.3, -0.25) is 4.79 Å². The van der Waals surface area contributed by atoms with E-state index in [0.29, 0.717) is 11.6 Å². The Balaban J connectivity index is 1.82. The van der Waals surface area contributed by atoms with Crippen LogP contribution < -0.4 is 21.7 Å². The van der Waals surface area contributed by atoms with Crippen LogP contribution in [0, 0.1) is 5.82 Å². The quantitative estimate of drug-likeness (QED) is 0.415. The summed E-state index contributed by atoms with van der Waals surface area (Å²) in [6, 6.07) is 8.29. The van der Waals surface area contributed by atoms with Gasteiger partial charge in [-0.2, -0.15) is 0 Å². The molecule has 2 aromatic rings. The molecule has 1 heterocycles. The number of pyridine rings is 1. The van der Waals surface area contributed by atoms with Crippen LogP contribution >= 0.6 is 0 Å². The number of nitrogens with zero attached hydrogens (tertiary/aromatic N) is 1. The van der Waals surface area contributed by atoms with Gasteiger partial charge in [-0.05, 0) is 63.3 Å². The van der Waals surface area contributed by atoms with Gasteiger partial charge < -0.3 is 26.4 Å². The molecular weight excluding hydrogens is 449 g/mol. The molecule has 9 heteroatoms. The molecular formula is C26H36FN5O3. The molecule has 1 fully saturated rings. The molecule has 0 spiro atoms. The number of nitrogens with two attached hydrogens (primary N) is 1. The van der Waals surface area contributed by atoms with Crippen molar-refractivity contribution in [2.24, 2.45) is 5.73 Å². The van der Waals surface area contributed by atoms with Crippen molar-refractivity contribution in [1.29, 1.82) is 0 Å². The molecule has 35 heavy (non-hydrogen) atoms. The van der Waals surface area contributed by atoms with Crippen LogP contribution in [0.3, 0.4) is 0 Å². The van der Waals surface area contributed by atoms with Gasteiger partial charge in [0.2, 0.25) is 0 Å². The Kier molecular flexibility index (Phi) is 8.19. The third-order valence-electron chi connectivity index (χ3n) is 5.87. The minimum atomic E-state index is -0.786. The first-order valence-electron chi connectivity index (χ1n) is 12.1. The minimum absolute atomic E-state index is 0.0146. The number of primary amides is 1. The van der Waals surface area contributed by atoms with Gasteiger partial charge >= 0.3 is 6.09 Å². The summed E-state index contributed by atoms with van der Waals surface area (Å²) < 4.78 is 20.3. The lowest BCUT2D eigenvalue weighted by atomic mass is 9.90. The van der Waals surface area contributed by atoms with E-state index in [4.69, 9.17) is 10.5 Å². The van der Waals surface area contributed by atoms with Crippen LogP contribution in [0.2, 0.25) is 0 Å². The number of carbonyl (C=O) groups excluding carboxylic acids is 2. The maximum Gasteiger partial charge on any atom is 0.407 e. The molecule has 0 radical (unpaired) electrons. The summed E-state index contributed by atoms with van der Waals surface area (Å²) in [6.07, 6.45) is 2.80. The Labute approximate surface area is 206 Å². The number of rotatable bonds is 7. The second kappa shape index (κ2) is 10.9. The third kappa shape index (κ3) is 7.31. The highest BCUT2D eigenvalue weighted by Crippen LogP contribution is 2.28. The van der Waals surface area contributed by atoms with E-state index < -0.39 is 23.4 Å². The van der Waals surface area contributed by atoms with E-state index in [2.05, 4.69) is 34.8 Å². The standard InChI is InChI=1S/C26H36FN5O3/c1-15(2)16-10-12-17(13-11-16)29-23-18(22(28)33)14-19(27)24(32-23)30-20-8-6-7-9-21(20)31-25(34)35-26(3,4)5/h10-15,20-21H,6-9H2,1-5H3,(H2,28,33)(H,31,34)(H2,29,30,32)/t20-,21+/m1/s1. The Bertz CT molecular complexity index is 1050. The van der Waals surface area contributed by atoms with Crippen molar-refractivity contribution in [2.45, 2.75) is 83.9 Å². The zero-order valence-corrected chi connectivity index (χ0v) is 21.1. The van der Waals surface area contributed by atoms with Crippen LogP contribution in [0.25, 0.3) is 0 Å². The van der Waals surface area contributed by atoms with Gasteiger partial charge in [-0.25, -0.2) is 14.2 Å². The van der Waals surface area contributed by atoms with Crippen LogP contribution in [0.1, 0.15) is 82.1 Å². The molecule has 0 saturated heterocycles. The Hall–Kier alpha value is -3.36. The van der Waals surface area contributed by atoms with Crippen molar-refractivity contribution >= 4 is 29.3 Å². The number of ether oxygens (including phenoxy) is 1. The van der Waals surface area contributed by atoms with Gasteiger partial charge in [0.15, 0.2) is 11.6 Å². The fourth-order valence-corrected chi connectivity index (χ4v) is 4.07. The number of carbonyl (C=O) groups is 2. The molecule has 8 nitrogen and oxygen atoms in total. The van der Waals surface area contributed by atoms with Crippen molar-refractivity contribution in [3.05, 3.63) is 47.3 Å². The van der Waals surface area contributed by atoms with Crippen molar-refractivity contribution in [3.8, 4) is 0 Å². The van der Waals surface area contributed by atoms with Crippen LogP contribution in [-0.4, -0.2) is 34.7 Å². The fraction of sp³-hybridized carbons (Fsp3) is 0.500. The van der Waals surface area contributed by atoms with Crippen LogP contribution in [-0.2, 0) is 4.74 Å². The topological polar surface area (TPSA) is 118 Å². The molecule has 0 aliphatic heterocycles. The number of amides is 2. The average molecular weight is 486 g/mol. The second-order valence-electron chi connectivity index (χ2n) is 10.3. The highest BCUT2D eigenvalue weighted by molar-refractivity contribution is 5.98. The van der Waals surface area contributed by atoms with E-state index in [1.807, 2.05) is 24.3 Å². The summed E-state index contributed by atoms with van der Waals surface area (Å²) >= 11 is 0. The summed E-state index contributed by atoms with van der Waals surface area (Å²) in [6.45, 7) is 9.60. The number of benzene rings is 1. The Morgan fingerprint density at radius 2 is 1.71 bits per heavy atom. The third-order valence-corrected chi connectivity index (χ3v) is 5.87. The number of aromatic nitrogens is 1. The van der Waals surface area contributed by atoms with E-state index >= 15 is 0 Å². The highest BCUT2D eigenvalue weighted by atomic mass is 19.1. The monoisotopic (exact) mass is 485 g/mol. The molecule has 5 N–H and O–H groups in total. The van der Waals surface area contributed by atoms with Crippen LogP contribution in [0.4, 0.5) is 26.5 Å². The second-order valence-corrected chi connectivity index (χ2v) is 10.3. The number of hydrogen-bond acceptors (Lipinski definition) is 6. The predicted octanol–water partition coefficient (Wildman–Crippen LogP) is 5.43. The largest absolute Gasteiger partial charge is 0.444 e. The summed E-state index contributed by atoms with van der Waals surface area (Å²) in [4.78, 5) is 28.7. The molecule has 3 rings (SSSR count). The normalized spacial score (nSPS) is 18.1. The van der Waals surface area contributed by atoms with Crippen LogP contribution in [0.15, 0.2) is 30.3 Å².